The maximum absolute atomic E-state index is 12.3. The topological polar surface area (TPSA) is 44.9 Å². The van der Waals surface area contributed by atoms with Gasteiger partial charge in [-0.25, -0.2) is 4.99 Å². The highest BCUT2D eigenvalue weighted by molar-refractivity contribution is 5.78. The van der Waals surface area contributed by atoms with E-state index in [9.17, 15) is 13.2 Å². The SMILES string of the molecule is NC(=NC1CCN(CC(F)(F)F)C1)N1CCCCC1. The molecule has 0 aromatic carbocycles. The summed E-state index contributed by atoms with van der Waals surface area (Å²) in [5.41, 5.74) is 5.94. The molecule has 0 radical (unpaired) electrons. The fraction of sp³-hybridized carbons (Fsp3) is 0.917. The number of nitrogens with two attached hydrogens (primary N) is 1. The highest BCUT2D eigenvalue weighted by atomic mass is 19.4. The maximum atomic E-state index is 12.3. The molecule has 0 saturated carbocycles. The Morgan fingerprint density at radius 3 is 2.47 bits per heavy atom. The number of nitrogens with zero attached hydrogens (tertiary/aromatic N) is 3. The van der Waals surface area contributed by atoms with Crippen LogP contribution in [0.1, 0.15) is 25.7 Å². The van der Waals surface area contributed by atoms with Crippen LogP contribution in [0.2, 0.25) is 0 Å². The van der Waals surface area contributed by atoms with E-state index < -0.39 is 12.7 Å². The Morgan fingerprint density at radius 2 is 1.84 bits per heavy atom. The number of likely N-dealkylation sites (tertiary alicyclic amines) is 2. The minimum Gasteiger partial charge on any atom is -0.370 e. The molecular formula is C12H21F3N4. The third-order valence-corrected chi connectivity index (χ3v) is 3.65. The van der Waals surface area contributed by atoms with E-state index in [0.717, 1.165) is 25.9 Å². The van der Waals surface area contributed by atoms with Gasteiger partial charge in [0, 0.05) is 26.2 Å². The van der Waals surface area contributed by atoms with E-state index >= 15 is 0 Å². The Kier molecular flexibility index (Phi) is 4.54. The predicted molar refractivity (Wildman–Crippen MR) is 67.9 cm³/mol. The molecule has 2 saturated heterocycles. The van der Waals surface area contributed by atoms with Crippen molar-refractivity contribution < 1.29 is 13.2 Å². The summed E-state index contributed by atoms with van der Waals surface area (Å²) in [6, 6.07) is -0.0933. The van der Waals surface area contributed by atoms with Crippen LogP contribution in [0.4, 0.5) is 13.2 Å². The van der Waals surface area contributed by atoms with Gasteiger partial charge in [0.05, 0.1) is 12.6 Å². The number of aliphatic imine (C=N–C) groups is 1. The maximum Gasteiger partial charge on any atom is 0.401 e. The summed E-state index contributed by atoms with van der Waals surface area (Å²) in [6.07, 6.45) is -0.0314. The lowest BCUT2D eigenvalue weighted by molar-refractivity contribution is -0.143. The molecule has 0 amide bonds. The first-order chi connectivity index (χ1) is 8.94. The van der Waals surface area contributed by atoms with Crippen molar-refractivity contribution in [3.05, 3.63) is 0 Å². The zero-order valence-corrected chi connectivity index (χ0v) is 11.0. The Balaban J connectivity index is 1.83. The van der Waals surface area contributed by atoms with E-state index in [0.29, 0.717) is 25.5 Å². The molecule has 2 aliphatic rings. The summed E-state index contributed by atoms with van der Waals surface area (Å²) in [6.45, 7) is 1.78. The van der Waals surface area contributed by atoms with Crippen molar-refractivity contribution >= 4 is 5.96 Å². The average molecular weight is 278 g/mol. The van der Waals surface area contributed by atoms with Gasteiger partial charge in [0.2, 0.25) is 0 Å². The molecule has 4 nitrogen and oxygen atoms in total. The molecule has 1 atom stereocenters. The Morgan fingerprint density at radius 1 is 1.16 bits per heavy atom. The van der Waals surface area contributed by atoms with Crippen molar-refractivity contribution in [2.24, 2.45) is 10.7 Å². The van der Waals surface area contributed by atoms with Crippen LogP contribution in [-0.4, -0.2) is 60.7 Å². The van der Waals surface area contributed by atoms with Gasteiger partial charge in [-0.1, -0.05) is 0 Å². The molecule has 2 heterocycles. The fourth-order valence-electron chi connectivity index (χ4n) is 2.71. The monoisotopic (exact) mass is 278 g/mol. The zero-order chi connectivity index (χ0) is 13.9. The number of alkyl halides is 3. The van der Waals surface area contributed by atoms with Gasteiger partial charge in [-0.3, -0.25) is 4.90 Å². The minimum absolute atomic E-state index is 0.0933. The predicted octanol–water partition coefficient (Wildman–Crippen LogP) is 1.42. The van der Waals surface area contributed by atoms with Crippen molar-refractivity contribution in [1.29, 1.82) is 0 Å². The van der Waals surface area contributed by atoms with E-state index in [-0.39, 0.29) is 6.04 Å². The number of guanidine groups is 1. The molecule has 2 rings (SSSR count). The van der Waals surface area contributed by atoms with Crippen molar-refractivity contribution in [3.63, 3.8) is 0 Å². The second-order valence-corrected chi connectivity index (χ2v) is 5.33. The van der Waals surface area contributed by atoms with Crippen LogP contribution in [0.5, 0.6) is 0 Å². The molecular weight excluding hydrogens is 257 g/mol. The van der Waals surface area contributed by atoms with Crippen LogP contribution in [0.25, 0.3) is 0 Å². The number of hydrogen-bond donors (Lipinski definition) is 1. The van der Waals surface area contributed by atoms with Gasteiger partial charge in [0.1, 0.15) is 0 Å². The second kappa shape index (κ2) is 5.98. The Labute approximate surface area is 111 Å². The van der Waals surface area contributed by atoms with Crippen LogP contribution in [0.15, 0.2) is 4.99 Å². The molecule has 19 heavy (non-hydrogen) atoms. The fourth-order valence-corrected chi connectivity index (χ4v) is 2.71. The Hall–Kier alpha value is -0.980. The van der Waals surface area contributed by atoms with Crippen LogP contribution >= 0.6 is 0 Å². The van der Waals surface area contributed by atoms with Crippen molar-refractivity contribution in [1.82, 2.24) is 9.80 Å². The van der Waals surface area contributed by atoms with E-state index in [1.807, 2.05) is 4.90 Å². The summed E-state index contributed by atoms with van der Waals surface area (Å²) in [5, 5.41) is 0. The number of rotatable bonds is 2. The molecule has 0 spiro atoms. The molecule has 2 N–H and O–H groups in total. The number of hydrogen-bond acceptors (Lipinski definition) is 2. The molecule has 2 aliphatic heterocycles. The molecule has 0 aliphatic carbocycles. The highest BCUT2D eigenvalue weighted by Gasteiger charge is 2.34. The first kappa shape index (κ1) is 14.4. The smallest absolute Gasteiger partial charge is 0.370 e. The summed E-state index contributed by atoms with van der Waals surface area (Å²) >= 11 is 0. The van der Waals surface area contributed by atoms with Gasteiger partial charge in [-0.15, -0.1) is 0 Å². The van der Waals surface area contributed by atoms with Crippen LogP contribution in [-0.2, 0) is 0 Å². The van der Waals surface area contributed by atoms with E-state index in [1.54, 1.807) is 0 Å². The summed E-state index contributed by atoms with van der Waals surface area (Å²) in [7, 11) is 0. The first-order valence-corrected chi connectivity index (χ1v) is 6.81. The largest absolute Gasteiger partial charge is 0.401 e. The van der Waals surface area contributed by atoms with E-state index in [2.05, 4.69) is 4.99 Å². The highest BCUT2D eigenvalue weighted by Crippen LogP contribution is 2.21. The summed E-state index contributed by atoms with van der Waals surface area (Å²) in [4.78, 5) is 7.83. The van der Waals surface area contributed by atoms with Gasteiger partial charge in [-0.2, -0.15) is 13.2 Å². The quantitative estimate of drug-likeness (QED) is 0.614. The first-order valence-electron chi connectivity index (χ1n) is 6.81. The normalized spacial score (nSPS) is 27.0. The van der Waals surface area contributed by atoms with Gasteiger partial charge in [-0.05, 0) is 25.7 Å². The molecule has 2 fully saturated rings. The molecule has 0 aromatic heterocycles. The van der Waals surface area contributed by atoms with Gasteiger partial charge in [0.25, 0.3) is 0 Å². The minimum atomic E-state index is -4.13. The van der Waals surface area contributed by atoms with Crippen LogP contribution in [0.3, 0.4) is 0 Å². The third kappa shape index (κ3) is 4.56. The van der Waals surface area contributed by atoms with Crippen LogP contribution < -0.4 is 5.73 Å². The average Bonchev–Trinajstić information content (AvgIpc) is 2.75. The van der Waals surface area contributed by atoms with Crippen molar-refractivity contribution in [3.8, 4) is 0 Å². The lowest BCUT2D eigenvalue weighted by Crippen LogP contribution is -2.41. The standard InChI is InChI=1S/C12H21F3N4/c13-12(14,15)9-18-7-4-10(8-18)17-11(16)19-5-2-1-3-6-19/h10H,1-9H2,(H2,16,17). The number of piperidine rings is 1. The molecule has 0 aromatic rings. The second-order valence-electron chi connectivity index (χ2n) is 5.33. The summed E-state index contributed by atoms with van der Waals surface area (Å²) < 4.78 is 36.8. The molecule has 110 valence electrons. The van der Waals surface area contributed by atoms with Crippen molar-refractivity contribution in [2.45, 2.75) is 37.9 Å². The lowest BCUT2D eigenvalue weighted by atomic mass is 10.1. The lowest BCUT2D eigenvalue weighted by Gasteiger charge is -2.28. The van der Waals surface area contributed by atoms with E-state index in [1.165, 1.54) is 11.3 Å². The zero-order valence-electron chi connectivity index (χ0n) is 11.0. The third-order valence-electron chi connectivity index (χ3n) is 3.65. The molecule has 7 heteroatoms. The Bertz CT molecular complexity index is 323. The van der Waals surface area contributed by atoms with Gasteiger partial charge >= 0.3 is 6.18 Å². The van der Waals surface area contributed by atoms with Crippen molar-refractivity contribution in [2.75, 3.05) is 32.7 Å². The summed E-state index contributed by atoms with van der Waals surface area (Å²) in [5.74, 6) is 0.499. The number of halogens is 3. The molecule has 0 bridgehead atoms. The van der Waals surface area contributed by atoms with E-state index in [4.69, 9.17) is 5.73 Å². The van der Waals surface area contributed by atoms with Crippen LogP contribution in [0, 0.1) is 0 Å². The van der Waals surface area contributed by atoms with Gasteiger partial charge < -0.3 is 10.6 Å². The molecule has 1 unspecified atom stereocenters. The van der Waals surface area contributed by atoms with Gasteiger partial charge in [0.15, 0.2) is 5.96 Å².